The van der Waals surface area contributed by atoms with Crippen LogP contribution in [0.1, 0.15) is 0 Å². The monoisotopic (exact) mass is 332 g/mol. The molecule has 0 saturated carbocycles. The first-order chi connectivity index (χ1) is 4.57. The number of alkyl halides is 2. The molecule has 0 aromatic carbocycles. The number of ether oxygens (including phenoxy) is 1. The van der Waals surface area contributed by atoms with Crippen molar-refractivity contribution in [2.45, 2.75) is 4.51 Å². The summed E-state index contributed by atoms with van der Waals surface area (Å²) in [7, 11) is 0. The van der Waals surface area contributed by atoms with Gasteiger partial charge in [0.05, 0.1) is 5.33 Å². The molecule has 56 valence electrons. The van der Waals surface area contributed by atoms with Crippen molar-refractivity contribution in [3.63, 3.8) is 0 Å². The van der Waals surface area contributed by atoms with Gasteiger partial charge in [-0.05, 0) is 37.9 Å². The van der Waals surface area contributed by atoms with E-state index in [1.807, 2.05) is 0 Å². The maximum Gasteiger partial charge on any atom is 0.346 e. The van der Waals surface area contributed by atoms with E-state index in [9.17, 15) is 4.79 Å². The van der Waals surface area contributed by atoms with Crippen molar-refractivity contribution in [1.82, 2.24) is 0 Å². The lowest BCUT2D eigenvalue weighted by molar-refractivity contribution is -0.139. The smallest absolute Gasteiger partial charge is 0.346 e. The molecule has 5 heteroatoms. The van der Waals surface area contributed by atoms with E-state index >= 15 is 0 Å². The van der Waals surface area contributed by atoms with Gasteiger partial charge in [0.25, 0.3) is 0 Å². The van der Waals surface area contributed by atoms with Crippen molar-refractivity contribution < 1.29 is 9.53 Å². The van der Waals surface area contributed by atoms with Crippen LogP contribution in [0.5, 0.6) is 0 Å². The summed E-state index contributed by atoms with van der Waals surface area (Å²) in [6.45, 7) is 0. The molecule has 0 bridgehead atoms. The lowest BCUT2D eigenvalue weighted by atomic mass is 10.4. The van der Waals surface area contributed by atoms with E-state index in [1.165, 1.54) is 0 Å². The molecule has 0 fully saturated rings. The Kier molecular flexibility index (Phi) is 2.58. The van der Waals surface area contributed by atoms with Crippen LogP contribution in [0.2, 0.25) is 0 Å². The SMILES string of the molecule is O=C1OC(Br)(CBr)C=C1Br. The van der Waals surface area contributed by atoms with Crippen LogP contribution in [0.25, 0.3) is 0 Å². The van der Waals surface area contributed by atoms with Crippen molar-refractivity contribution in [1.29, 1.82) is 0 Å². The summed E-state index contributed by atoms with van der Waals surface area (Å²) < 4.78 is 4.71. The van der Waals surface area contributed by atoms with Gasteiger partial charge in [0.2, 0.25) is 0 Å². The highest BCUT2D eigenvalue weighted by molar-refractivity contribution is 9.13. The summed E-state index contributed by atoms with van der Waals surface area (Å²) in [4.78, 5) is 10.8. The van der Waals surface area contributed by atoms with Gasteiger partial charge >= 0.3 is 5.97 Å². The van der Waals surface area contributed by atoms with Gasteiger partial charge in [0.1, 0.15) is 4.48 Å². The van der Waals surface area contributed by atoms with Gasteiger partial charge in [-0.15, -0.1) is 0 Å². The molecule has 1 aliphatic heterocycles. The van der Waals surface area contributed by atoms with Gasteiger partial charge in [-0.3, -0.25) is 0 Å². The van der Waals surface area contributed by atoms with E-state index in [2.05, 4.69) is 47.8 Å². The highest BCUT2D eigenvalue weighted by atomic mass is 79.9. The third-order valence-electron chi connectivity index (χ3n) is 0.982. The third kappa shape index (κ3) is 1.62. The second-order valence-electron chi connectivity index (χ2n) is 1.80. The Morgan fingerprint density at radius 2 is 2.30 bits per heavy atom. The van der Waals surface area contributed by atoms with Gasteiger partial charge in [-0.1, -0.05) is 15.9 Å². The Bertz CT molecular complexity index is 201. The fraction of sp³-hybridized carbons (Fsp3) is 0.400. The van der Waals surface area contributed by atoms with Crippen LogP contribution in [0.3, 0.4) is 0 Å². The molecule has 0 amide bonds. The molecule has 1 atom stereocenters. The Hall–Kier alpha value is 0.650. The van der Waals surface area contributed by atoms with Gasteiger partial charge < -0.3 is 4.74 Å². The average molecular weight is 335 g/mol. The molecular weight excluding hydrogens is 332 g/mol. The Morgan fingerprint density at radius 3 is 2.50 bits per heavy atom. The minimum absolute atomic E-state index is 0.337. The first-order valence-corrected chi connectivity index (χ1v) is 5.15. The molecule has 0 spiro atoms. The number of esters is 1. The van der Waals surface area contributed by atoms with Crippen molar-refractivity contribution in [3.05, 3.63) is 10.6 Å². The van der Waals surface area contributed by atoms with Crippen LogP contribution in [-0.2, 0) is 9.53 Å². The van der Waals surface area contributed by atoms with Crippen LogP contribution in [0, 0.1) is 0 Å². The van der Waals surface area contributed by atoms with Gasteiger partial charge in [0, 0.05) is 0 Å². The van der Waals surface area contributed by atoms with E-state index in [0.717, 1.165) is 0 Å². The first kappa shape index (κ1) is 8.74. The van der Waals surface area contributed by atoms with Gasteiger partial charge in [-0.25, -0.2) is 4.79 Å². The molecule has 0 radical (unpaired) electrons. The summed E-state index contributed by atoms with van der Waals surface area (Å²) in [6, 6.07) is 0. The predicted molar refractivity (Wildman–Crippen MR) is 48.6 cm³/mol. The van der Waals surface area contributed by atoms with Crippen LogP contribution in [-0.4, -0.2) is 15.8 Å². The Morgan fingerprint density at radius 1 is 1.70 bits per heavy atom. The van der Waals surface area contributed by atoms with E-state index in [0.29, 0.717) is 9.81 Å². The lowest BCUT2D eigenvalue weighted by Crippen LogP contribution is -2.21. The molecule has 1 unspecified atom stereocenters. The topological polar surface area (TPSA) is 26.3 Å². The summed E-state index contributed by atoms with van der Waals surface area (Å²) in [5, 5.41) is 0.542. The zero-order chi connectivity index (χ0) is 7.78. The highest BCUT2D eigenvalue weighted by Gasteiger charge is 2.35. The number of rotatable bonds is 1. The molecule has 1 heterocycles. The molecule has 0 aromatic rings. The maximum atomic E-state index is 10.8. The van der Waals surface area contributed by atoms with E-state index < -0.39 is 4.51 Å². The fourth-order valence-electron chi connectivity index (χ4n) is 0.546. The van der Waals surface area contributed by atoms with Gasteiger partial charge in [0.15, 0.2) is 4.51 Å². The largest absolute Gasteiger partial charge is 0.438 e. The fourth-order valence-corrected chi connectivity index (χ4v) is 1.96. The molecule has 1 rings (SSSR count). The summed E-state index contributed by atoms with van der Waals surface area (Å²) in [5.41, 5.74) is 0. The first-order valence-electron chi connectivity index (χ1n) is 2.44. The molecular formula is C5H3Br3O2. The van der Waals surface area contributed by atoms with Crippen LogP contribution >= 0.6 is 47.8 Å². The van der Waals surface area contributed by atoms with Crippen molar-refractivity contribution >= 4 is 53.8 Å². The van der Waals surface area contributed by atoms with E-state index in [1.54, 1.807) is 6.08 Å². The molecule has 0 aromatic heterocycles. The average Bonchev–Trinajstić information content (AvgIpc) is 2.10. The number of hydrogen-bond donors (Lipinski definition) is 0. The standard InChI is InChI=1S/C5H3Br3O2/c6-2-5(8)1-3(7)4(9)10-5/h1H,2H2. The Labute approximate surface area is 83.4 Å². The second-order valence-corrected chi connectivity index (χ2v) is 4.56. The highest BCUT2D eigenvalue weighted by Crippen LogP contribution is 2.34. The molecule has 0 aliphatic carbocycles. The molecule has 10 heavy (non-hydrogen) atoms. The number of cyclic esters (lactones) is 1. The Balaban J connectivity index is 2.82. The zero-order valence-corrected chi connectivity index (χ0v) is 9.49. The predicted octanol–water partition coefficient (Wildman–Crippen LogP) is 2.31. The van der Waals surface area contributed by atoms with Crippen molar-refractivity contribution in [2.24, 2.45) is 0 Å². The molecule has 0 saturated heterocycles. The zero-order valence-electron chi connectivity index (χ0n) is 4.73. The van der Waals surface area contributed by atoms with Gasteiger partial charge in [-0.2, -0.15) is 0 Å². The summed E-state index contributed by atoms with van der Waals surface area (Å²) in [5.74, 6) is -0.337. The van der Waals surface area contributed by atoms with Crippen LogP contribution < -0.4 is 0 Å². The lowest BCUT2D eigenvalue weighted by Gasteiger charge is -2.14. The molecule has 1 aliphatic rings. The number of hydrogen-bond acceptors (Lipinski definition) is 2. The minimum atomic E-state index is -0.650. The number of halogens is 3. The van der Waals surface area contributed by atoms with Crippen LogP contribution in [0.4, 0.5) is 0 Å². The summed E-state index contributed by atoms with van der Waals surface area (Å²) >= 11 is 9.48. The van der Waals surface area contributed by atoms with Crippen molar-refractivity contribution in [3.8, 4) is 0 Å². The second kappa shape index (κ2) is 2.95. The molecule has 2 nitrogen and oxygen atoms in total. The maximum absolute atomic E-state index is 10.8. The number of carbonyl (C=O) groups excluding carboxylic acids is 1. The number of carbonyl (C=O) groups is 1. The van der Waals surface area contributed by atoms with Crippen LogP contribution in [0.15, 0.2) is 10.6 Å². The summed E-state index contributed by atoms with van der Waals surface area (Å²) in [6.07, 6.45) is 1.67. The van der Waals surface area contributed by atoms with E-state index in [-0.39, 0.29) is 5.97 Å². The normalized spacial score (nSPS) is 31.9. The van der Waals surface area contributed by atoms with E-state index in [4.69, 9.17) is 4.74 Å². The minimum Gasteiger partial charge on any atom is -0.438 e. The molecule has 0 N–H and O–H groups in total. The van der Waals surface area contributed by atoms with Crippen molar-refractivity contribution in [2.75, 3.05) is 5.33 Å². The quantitative estimate of drug-likeness (QED) is 0.543. The third-order valence-corrected chi connectivity index (χ3v) is 3.79.